The van der Waals surface area contributed by atoms with E-state index in [0.29, 0.717) is 19.0 Å². The Morgan fingerprint density at radius 1 is 1.03 bits per heavy atom. The number of rotatable bonds is 9. The largest absolute Gasteiger partial charge is 0.353 e. The van der Waals surface area contributed by atoms with Gasteiger partial charge in [-0.15, -0.1) is 11.6 Å². The summed E-state index contributed by atoms with van der Waals surface area (Å²) in [7, 11) is 1.97. The van der Waals surface area contributed by atoms with E-state index >= 15 is 0 Å². The smallest absolute Gasteiger partial charge is 0.245 e. The number of benzene rings is 1. The number of halogens is 1. The van der Waals surface area contributed by atoms with Crippen molar-refractivity contribution in [1.82, 2.24) is 14.4 Å². The molecular weight excluding hydrogens is 386 g/mol. The van der Waals surface area contributed by atoms with Crippen LogP contribution in [0.4, 0.5) is 0 Å². The van der Waals surface area contributed by atoms with Gasteiger partial charge in [-0.3, -0.25) is 9.59 Å². The van der Waals surface area contributed by atoms with Gasteiger partial charge in [-0.1, -0.05) is 44.2 Å². The summed E-state index contributed by atoms with van der Waals surface area (Å²) in [4.78, 5) is 29.6. The van der Waals surface area contributed by atoms with Crippen LogP contribution in [0.3, 0.4) is 0 Å². The van der Waals surface area contributed by atoms with Crippen LogP contribution in [0.5, 0.6) is 0 Å². The fourth-order valence-corrected chi connectivity index (χ4v) is 3.49. The zero-order valence-corrected chi connectivity index (χ0v) is 18.8. The van der Waals surface area contributed by atoms with Crippen LogP contribution in [0.1, 0.15) is 44.3 Å². The Labute approximate surface area is 179 Å². The second-order valence-corrected chi connectivity index (χ2v) is 8.55. The Hall–Kier alpha value is -2.27. The van der Waals surface area contributed by atoms with E-state index in [2.05, 4.69) is 13.8 Å². The van der Waals surface area contributed by atoms with Gasteiger partial charge in [0.15, 0.2) is 0 Å². The van der Waals surface area contributed by atoms with Crippen LogP contribution in [-0.2, 0) is 23.2 Å². The average Bonchev–Trinajstić information content (AvgIpc) is 3.09. The molecule has 5 nitrogen and oxygen atoms in total. The molecule has 0 N–H and O–H groups in total. The molecule has 1 heterocycles. The predicted molar refractivity (Wildman–Crippen MR) is 118 cm³/mol. The van der Waals surface area contributed by atoms with E-state index in [1.54, 1.807) is 4.90 Å². The second kappa shape index (κ2) is 10.5. The summed E-state index contributed by atoms with van der Waals surface area (Å²) in [5.41, 5.74) is 1.79. The van der Waals surface area contributed by atoms with Crippen molar-refractivity contribution in [3.8, 4) is 0 Å². The molecule has 0 saturated heterocycles. The van der Waals surface area contributed by atoms with Gasteiger partial charge in [0.1, 0.15) is 11.9 Å². The molecule has 2 aromatic rings. The number of carbonyl (C=O) groups excluding carboxylic acids is 2. The molecule has 1 aromatic carbocycles. The molecule has 1 atom stereocenters. The Kier molecular flexibility index (Phi) is 8.32. The van der Waals surface area contributed by atoms with E-state index in [4.69, 9.17) is 11.6 Å². The van der Waals surface area contributed by atoms with E-state index < -0.39 is 5.38 Å². The number of carbonyl (C=O) groups is 2. The first kappa shape index (κ1) is 23.0. The molecule has 0 aliphatic carbocycles. The van der Waals surface area contributed by atoms with Gasteiger partial charge in [0, 0.05) is 31.5 Å². The maximum absolute atomic E-state index is 13.2. The lowest BCUT2D eigenvalue weighted by Gasteiger charge is -2.32. The molecule has 0 aliphatic rings. The average molecular weight is 418 g/mol. The molecule has 0 bridgehead atoms. The van der Waals surface area contributed by atoms with Crippen molar-refractivity contribution >= 4 is 23.4 Å². The highest BCUT2D eigenvalue weighted by atomic mass is 35.5. The second-order valence-electron chi connectivity index (χ2n) is 8.11. The minimum atomic E-state index is -0.808. The highest BCUT2D eigenvalue weighted by molar-refractivity contribution is 6.30. The molecule has 0 radical (unpaired) electrons. The fraction of sp³-hybridized carbons (Fsp3) is 0.478. The van der Waals surface area contributed by atoms with Crippen LogP contribution in [0.15, 0.2) is 48.7 Å². The van der Waals surface area contributed by atoms with Crippen molar-refractivity contribution in [1.29, 1.82) is 0 Å². The maximum Gasteiger partial charge on any atom is 0.245 e. The first-order valence-corrected chi connectivity index (χ1v) is 10.5. The third-order valence-electron chi connectivity index (χ3n) is 4.86. The molecule has 0 aliphatic heterocycles. The molecule has 1 aromatic heterocycles. The molecule has 29 heavy (non-hydrogen) atoms. The fourth-order valence-electron chi connectivity index (χ4n) is 3.22. The zero-order valence-electron chi connectivity index (χ0n) is 18.0. The monoisotopic (exact) mass is 417 g/mol. The summed E-state index contributed by atoms with van der Waals surface area (Å²) >= 11 is 6.46. The van der Waals surface area contributed by atoms with Crippen LogP contribution >= 0.6 is 11.6 Å². The minimum Gasteiger partial charge on any atom is -0.353 e. The van der Waals surface area contributed by atoms with E-state index in [9.17, 15) is 9.59 Å². The van der Waals surface area contributed by atoms with E-state index in [0.717, 1.165) is 11.3 Å². The van der Waals surface area contributed by atoms with Crippen LogP contribution in [0.2, 0.25) is 0 Å². The van der Waals surface area contributed by atoms with Gasteiger partial charge in [0.05, 0.1) is 6.54 Å². The van der Waals surface area contributed by atoms with E-state index in [1.165, 1.54) is 0 Å². The Balaban J connectivity index is 2.16. The lowest BCUT2D eigenvalue weighted by molar-refractivity contribution is -0.142. The number of amides is 2. The molecule has 0 saturated carbocycles. The van der Waals surface area contributed by atoms with Gasteiger partial charge in [0.2, 0.25) is 11.8 Å². The number of nitrogens with zero attached hydrogens (tertiary/aromatic N) is 3. The molecule has 158 valence electrons. The van der Waals surface area contributed by atoms with Gasteiger partial charge >= 0.3 is 0 Å². The van der Waals surface area contributed by atoms with Crippen molar-refractivity contribution in [2.24, 2.45) is 13.0 Å². The molecule has 2 rings (SSSR count). The number of aromatic nitrogens is 1. The number of hydrogen-bond acceptors (Lipinski definition) is 2. The summed E-state index contributed by atoms with van der Waals surface area (Å²) in [6.07, 6.45) is 1.97. The molecule has 0 fully saturated rings. The lowest BCUT2D eigenvalue weighted by Crippen LogP contribution is -2.47. The SMILES string of the molecule is CC(C)CN(Cc1cccn1C)C(=O)CN(C(=O)C(Cl)c1ccccc1)C(C)C. The summed E-state index contributed by atoms with van der Waals surface area (Å²) in [6, 6.07) is 13.1. The molecule has 2 amide bonds. The zero-order chi connectivity index (χ0) is 21.6. The predicted octanol–water partition coefficient (Wildman–Crippen LogP) is 4.23. The Morgan fingerprint density at radius 2 is 1.69 bits per heavy atom. The Bertz CT molecular complexity index is 801. The van der Waals surface area contributed by atoms with Crippen LogP contribution in [0, 0.1) is 5.92 Å². The summed E-state index contributed by atoms with van der Waals surface area (Å²) in [5, 5.41) is -0.808. The van der Waals surface area contributed by atoms with Gasteiger partial charge in [-0.05, 0) is 37.5 Å². The first-order chi connectivity index (χ1) is 13.7. The quantitative estimate of drug-likeness (QED) is 0.573. The molecular formula is C23H32ClN3O2. The maximum atomic E-state index is 13.2. The normalized spacial score (nSPS) is 12.3. The number of aryl methyl sites for hydroxylation is 1. The summed E-state index contributed by atoms with van der Waals surface area (Å²) in [5.74, 6) is 0.0102. The third-order valence-corrected chi connectivity index (χ3v) is 5.30. The highest BCUT2D eigenvalue weighted by Crippen LogP contribution is 2.24. The van der Waals surface area contributed by atoms with Gasteiger partial charge in [0.25, 0.3) is 0 Å². The molecule has 6 heteroatoms. The number of hydrogen-bond donors (Lipinski definition) is 0. The van der Waals surface area contributed by atoms with Crippen molar-refractivity contribution < 1.29 is 9.59 Å². The molecule has 1 unspecified atom stereocenters. The first-order valence-electron chi connectivity index (χ1n) is 10.1. The van der Waals surface area contributed by atoms with Crippen LogP contribution < -0.4 is 0 Å². The lowest BCUT2D eigenvalue weighted by atomic mass is 10.1. The van der Waals surface area contributed by atoms with Gasteiger partial charge in [-0.25, -0.2) is 0 Å². The Morgan fingerprint density at radius 3 is 2.21 bits per heavy atom. The van der Waals surface area contributed by atoms with Crippen molar-refractivity contribution in [3.05, 3.63) is 59.9 Å². The van der Waals surface area contributed by atoms with Crippen molar-refractivity contribution in [3.63, 3.8) is 0 Å². The van der Waals surface area contributed by atoms with Crippen molar-refractivity contribution in [2.75, 3.05) is 13.1 Å². The highest BCUT2D eigenvalue weighted by Gasteiger charge is 2.29. The third kappa shape index (κ3) is 6.36. The summed E-state index contributed by atoms with van der Waals surface area (Å²) < 4.78 is 2.01. The molecule has 0 spiro atoms. The summed E-state index contributed by atoms with van der Waals surface area (Å²) in [6.45, 7) is 9.15. The minimum absolute atomic E-state index is 0.0176. The standard InChI is InChI=1S/C23H32ClN3O2/c1-17(2)14-26(15-20-12-9-13-25(20)5)21(28)16-27(18(3)4)23(29)22(24)19-10-7-6-8-11-19/h6-13,17-18,22H,14-16H2,1-5H3. The van der Waals surface area contributed by atoms with E-state index in [1.807, 2.05) is 79.0 Å². The van der Waals surface area contributed by atoms with Gasteiger partial charge in [-0.2, -0.15) is 0 Å². The van der Waals surface area contributed by atoms with Crippen molar-refractivity contribution in [2.45, 2.75) is 45.7 Å². The van der Waals surface area contributed by atoms with Crippen LogP contribution in [0.25, 0.3) is 0 Å². The van der Waals surface area contributed by atoms with Gasteiger partial charge < -0.3 is 14.4 Å². The van der Waals surface area contributed by atoms with Crippen LogP contribution in [-0.4, -0.2) is 45.3 Å². The topological polar surface area (TPSA) is 45.6 Å². The number of alkyl halides is 1. The van der Waals surface area contributed by atoms with E-state index in [-0.39, 0.29) is 24.4 Å².